The van der Waals surface area contributed by atoms with Crippen molar-refractivity contribution in [2.45, 2.75) is 23.1 Å². The van der Waals surface area contributed by atoms with Crippen molar-refractivity contribution in [2.75, 3.05) is 49.7 Å². The van der Waals surface area contributed by atoms with E-state index in [0.717, 1.165) is 34.3 Å². The summed E-state index contributed by atoms with van der Waals surface area (Å²) in [5, 5.41) is 2.73. The number of anilines is 3. The van der Waals surface area contributed by atoms with Crippen molar-refractivity contribution in [3.63, 3.8) is 0 Å². The molecule has 1 saturated heterocycles. The van der Waals surface area contributed by atoms with Gasteiger partial charge < -0.3 is 14.9 Å². The van der Waals surface area contributed by atoms with Crippen molar-refractivity contribution in [3.8, 4) is 0 Å². The highest BCUT2D eigenvalue weighted by atomic mass is 35.5. The number of fused-ring (bicyclic) bond motifs is 2. The van der Waals surface area contributed by atoms with Gasteiger partial charge in [0.2, 0.25) is 5.91 Å². The first-order chi connectivity index (χ1) is 14.7. The Balaban J connectivity index is 0.00000181. The molecule has 2 aliphatic rings. The summed E-state index contributed by atoms with van der Waals surface area (Å²) >= 11 is 1.62. The molecule has 0 bridgehead atoms. The van der Waals surface area contributed by atoms with Crippen LogP contribution in [-0.4, -0.2) is 61.8 Å². The minimum atomic E-state index is -0.508. The van der Waals surface area contributed by atoms with Gasteiger partial charge in [0.1, 0.15) is 0 Å². The predicted molar refractivity (Wildman–Crippen MR) is 128 cm³/mol. The molecule has 8 nitrogen and oxygen atoms in total. The summed E-state index contributed by atoms with van der Waals surface area (Å²) in [5.74, 6) is 0.0313. The number of nitrogens with one attached hydrogen (secondary N) is 1. The first-order valence-electron chi connectivity index (χ1n) is 10.1. The molecule has 32 heavy (non-hydrogen) atoms. The van der Waals surface area contributed by atoms with Gasteiger partial charge in [-0.25, -0.2) is 4.79 Å². The third-order valence-corrected chi connectivity index (χ3v) is 6.17. The molecule has 2 aromatic carbocycles. The molecule has 2 heterocycles. The van der Waals surface area contributed by atoms with E-state index in [1.54, 1.807) is 23.6 Å². The van der Waals surface area contributed by atoms with Crippen LogP contribution < -0.4 is 10.2 Å². The van der Waals surface area contributed by atoms with E-state index in [1.165, 1.54) is 0 Å². The summed E-state index contributed by atoms with van der Waals surface area (Å²) in [6, 6.07) is 13.5. The number of amides is 2. The number of morpholine rings is 1. The van der Waals surface area contributed by atoms with Gasteiger partial charge in [0, 0.05) is 41.5 Å². The largest absolute Gasteiger partial charge is 0.450 e. The van der Waals surface area contributed by atoms with Crippen molar-refractivity contribution in [2.24, 2.45) is 0 Å². The summed E-state index contributed by atoms with van der Waals surface area (Å²) in [4.78, 5) is 31.2. The number of rotatable bonds is 5. The third kappa shape index (κ3) is 5.93. The Hall–Kier alpha value is -2.30. The van der Waals surface area contributed by atoms with E-state index >= 15 is 0 Å². The lowest BCUT2D eigenvalue weighted by Crippen LogP contribution is -2.39. The Morgan fingerprint density at radius 3 is 2.56 bits per heavy atom. The normalized spacial score (nSPS) is 14.8. The van der Waals surface area contributed by atoms with E-state index in [1.807, 2.05) is 42.5 Å². The molecular formula is C22H28ClN3O5S. The Bertz CT molecular complexity index is 940. The maximum absolute atomic E-state index is 13.3. The van der Waals surface area contributed by atoms with Crippen LogP contribution in [0.1, 0.15) is 13.3 Å². The second kappa shape index (κ2) is 12.1. The van der Waals surface area contributed by atoms with Gasteiger partial charge in [0.25, 0.3) is 0 Å². The van der Waals surface area contributed by atoms with Crippen molar-refractivity contribution in [3.05, 3.63) is 42.5 Å². The Morgan fingerprint density at radius 1 is 1.09 bits per heavy atom. The fourth-order valence-electron chi connectivity index (χ4n) is 3.58. The molecule has 2 aromatic rings. The molecule has 0 aromatic heterocycles. The van der Waals surface area contributed by atoms with Crippen LogP contribution >= 0.6 is 24.2 Å². The van der Waals surface area contributed by atoms with Crippen LogP contribution in [0.15, 0.2) is 52.3 Å². The van der Waals surface area contributed by atoms with Crippen molar-refractivity contribution < 1.29 is 24.5 Å². The molecule has 0 atom stereocenters. The van der Waals surface area contributed by atoms with Crippen molar-refractivity contribution >= 4 is 53.2 Å². The maximum Gasteiger partial charge on any atom is 0.411 e. The van der Waals surface area contributed by atoms with E-state index < -0.39 is 6.09 Å². The van der Waals surface area contributed by atoms with Gasteiger partial charge in [-0.3, -0.25) is 19.9 Å². The lowest BCUT2D eigenvalue weighted by Gasteiger charge is -2.32. The van der Waals surface area contributed by atoms with Crippen LogP contribution in [-0.2, 0) is 14.3 Å². The van der Waals surface area contributed by atoms with Gasteiger partial charge in [0.05, 0.1) is 31.2 Å². The molecule has 3 N–H and O–H groups in total. The molecule has 0 aliphatic carbocycles. The summed E-state index contributed by atoms with van der Waals surface area (Å²) in [6.45, 7) is 5.88. The number of ether oxygens (including phenoxy) is 2. The average molecular weight is 482 g/mol. The minimum Gasteiger partial charge on any atom is -0.450 e. The third-order valence-electron chi connectivity index (χ3n) is 5.04. The maximum atomic E-state index is 13.3. The van der Waals surface area contributed by atoms with Crippen LogP contribution in [0.4, 0.5) is 21.9 Å². The number of nitrogens with zero attached hydrogens (tertiary/aromatic N) is 2. The zero-order chi connectivity index (χ0) is 20.9. The first kappa shape index (κ1) is 26.0. The van der Waals surface area contributed by atoms with Crippen LogP contribution in [0.5, 0.6) is 0 Å². The second-order valence-electron chi connectivity index (χ2n) is 7.03. The Morgan fingerprint density at radius 2 is 1.81 bits per heavy atom. The molecule has 0 radical (unpaired) electrons. The van der Waals surface area contributed by atoms with Crippen LogP contribution in [0.2, 0.25) is 0 Å². The van der Waals surface area contributed by atoms with Gasteiger partial charge in [0.15, 0.2) is 0 Å². The highest BCUT2D eigenvalue weighted by Crippen LogP contribution is 2.49. The fourth-order valence-corrected chi connectivity index (χ4v) is 4.61. The van der Waals surface area contributed by atoms with Crippen LogP contribution in [0.25, 0.3) is 0 Å². The van der Waals surface area contributed by atoms with Crippen molar-refractivity contribution in [1.29, 1.82) is 0 Å². The number of para-hydroxylation sites is 1. The molecule has 2 aliphatic heterocycles. The molecule has 0 unspecified atom stereocenters. The van der Waals surface area contributed by atoms with E-state index in [9.17, 15) is 9.59 Å². The minimum absolute atomic E-state index is 0. The van der Waals surface area contributed by atoms with E-state index in [-0.39, 0.29) is 23.8 Å². The fraction of sp³-hybridized carbons (Fsp3) is 0.364. The zero-order valence-corrected chi connectivity index (χ0v) is 19.5. The van der Waals surface area contributed by atoms with E-state index in [4.69, 9.17) is 9.47 Å². The molecule has 174 valence electrons. The molecule has 0 spiro atoms. The molecule has 0 saturated carbocycles. The number of hydrogen-bond donors (Lipinski definition) is 1. The van der Waals surface area contributed by atoms with Crippen molar-refractivity contribution in [1.82, 2.24) is 4.90 Å². The summed E-state index contributed by atoms with van der Waals surface area (Å²) < 4.78 is 10.4. The summed E-state index contributed by atoms with van der Waals surface area (Å²) in [6.07, 6.45) is -0.0972. The van der Waals surface area contributed by atoms with Crippen LogP contribution in [0, 0.1) is 0 Å². The number of hydrogen-bond acceptors (Lipinski definition) is 6. The molecule has 4 rings (SSSR count). The monoisotopic (exact) mass is 481 g/mol. The predicted octanol–water partition coefficient (Wildman–Crippen LogP) is 3.70. The summed E-state index contributed by atoms with van der Waals surface area (Å²) in [5.41, 5.74) is 2.24. The first-order valence-corrected chi connectivity index (χ1v) is 10.9. The Labute approximate surface area is 198 Å². The highest BCUT2D eigenvalue weighted by Gasteiger charge is 2.29. The van der Waals surface area contributed by atoms with Gasteiger partial charge in [-0.2, -0.15) is 0 Å². The molecular weight excluding hydrogens is 454 g/mol. The SMILES string of the molecule is CCOC(=O)Nc1ccc2c(c1)N(C(=O)CCN1CCOCC1)c1ccccc1S2.Cl.O. The second-order valence-corrected chi connectivity index (χ2v) is 8.11. The number of halogens is 1. The molecule has 2 amide bonds. The summed E-state index contributed by atoms with van der Waals surface area (Å²) in [7, 11) is 0. The average Bonchev–Trinajstić information content (AvgIpc) is 2.77. The van der Waals surface area contributed by atoms with E-state index in [2.05, 4.69) is 10.2 Å². The van der Waals surface area contributed by atoms with Gasteiger partial charge in [-0.1, -0.05) is 23.9 Å². The zero-order valence-electron chi connectivity index (χ0n) is 17.8. The van der Waals surface area contributed by atoms with Gasteiger partial charge in [-0.05, 0) is 37.3 Å². The quantitative estimate of drug-likeness (QED) is 0.698. The topological polar surface area (TPSA) is 103 Å². The highest BCUT2D eigenvalue weighted by molar-refractivity contribution is 7.99. The number of carbonyl (C=O) groups is 2. The Kier molecular flexibility index (Phi) is 9.80. The molecule has 1 fully saturated rings. The lowest BCUT2D eigenvalue weighted by atomic mass is 10.2. The lowest BCUT2D eigenvalue weighted by molar-refractivity contribution is -0.118. The van der Waals surface area contributed by atoms with E-state index in [0.29, 0.717) is 38.5 Å². The number of benzene rings is 2. The van der Waals surface area contributed by atoms with Crippen LogP contribution in [0.3, 0.4) is 0 Å². The number of carbonyl (C=O) groups excluding carboxylic acids is 2. The van der Waals surface area contributed by atoms with Gasteiger partial charge in [-0.15, -0.1) is 12.4 Å². The van der Waals surface area contributed by atoms with Gasteiger partial charge >= 0.3 is 6.09 Å². The smallest absolute Gasteiger partial charge is 0.411 e. The molecule has 10 heteroatoms. The standard InChI is InChI=1S/C22H25N3O4S.ClH.H2O/c1-2-29-22(27)23-16-7-8-20-18(15-16)25(17-5-3-4-6-19(17)30-20)21(26)9-10-24-11-13-28-14-12-24;;/h3-8,15H,2,9-14H2,1H3,(H,23,27);1H;1H2.